The Morgan fingerprint density at radius 1 is 1.50 bits per heavy atom. The standard InChI is InChI=1S/C13H20F2N2O/c1-17-9-10(8-16-17)2-3-12(18)11-4-6-13(14,15)7-5-11/h8-9,11-12,18H,2-7H2,1H3. The third kappa shape index (κ3) is 3.51. The van der Waals surface area contributed by atoms with Gasteiger partial charge in [-0.25, -0.2) is 8.78 Å². The molecule has 1 aromatic heterocycles. The van der Waals surface area contributed by atoms with E-state index < -0.39 is 12.0 Å². The number of aromatic nitrogens is 2. The van der Waals surface area contributed by atoms with Crippen molar-refractivity contribution < 1.29 is 13.9 Å². The third-order valence-corrected chi connectivity index (χ3v) is 3.79. The van der Waals surface area contributed by atoms with Gasteiger partial charge in [-0.3, -0.25) is 4.68 Å². The van der Waals surface area contributed by atoms with E-state index >= 15 is 0 Å². The number of aliphatic hydroxyl groups is 1. The minimum Gasteiger partial charge on any atom is -0.393 e. The molecule has 3 nitrogen and oxygen atoms in total. The van der Waals surface area contributed by atoms with Crippen LogP contribution in [0, 0.1) is 5.92 Å². The highest BCUT2D eigenvalue weighted by Gasteiger charge is 2.36. The molecule has 0 spiro atoms. The fraction of sp³-hybridized carbons (Fsp3) is 0.769. The molecule has 2 rings (SSSR count). The van der Waals surface area contributed by atoms with Crippen molar-refractivity contribution in [2.75, 3.05) is 0 Å². The van der Waals surface area contributed by atoms with Crippen molar-refractivity contribution in [3.63, 3.8) is 0 Å². The highest BCUT2D eigenvalue weighted by molar-refractivity contribution is 5.03. The first-order valence-corrected chi connectivity index (χ1v) is 6.50. The Bertz CT molecular complexity index is 382. The van der Waals surface area contributed by atoms with Crippen LogP contribution in [0.3, 0.4) is 0 Å². The highest BCUT2D eigenvalue weighted by atomic mass is 19.3. The van der Waals surface area contributed by atoms with Crippen LogP contribution >= 0.6 is 0 Å². The molecule has 1 aromatic rings. The molecule has 0 amide bonds. The molecule has 0 aromatic carbocycles. The first kappa shape index (κ1) is 13.5. The lowest BCUT2D eigenvalue weighted by atomic mass is 9.82. The number of alkyl halides is 2. The molecule has 1 N–H and O–H groups in total. The molecule has 0 bridgehead atoms. The van der Waals surface area contributed by atoms with Gasteiger partial charge < -0.3 is 5.11 Å². The van der Waals surface area contributed by atoms with Crippen molar-refractivity contribution in [2.24, 2.45) is 13.0 Å². The number of aryl methyl sites for hydroxylation is 2. The second-order valence-corrected chi connectivity index (χ2v) is 5.32. The van der Waals surface area contributed by atoms with Crippen LogP contribution in [0.15, 0.2) is 12.4 Å². The number of halogens is 2. The maximum Gasteiger partial charge on any atom is 0.248 e. The number of rotatable bonds is 4. The molecule has 0 saturated heterocycles. The van der Waals surface area contributed by atoms with Crippen LogP contribution in [0.5, 0.6) is 0 Å². The Morgan fingerprint density at radius 3 is 2.72 bits per heavy atom. The summed E-state index contributed by atoms with van der Waals surface area (Å²) in [6.07, 6.45) is 5.31. The average molecular weight is 258 g/mol. The third-order valence-electron chi connectivity index (χ3n) is 3.79. The van der Waals surface area contributed by atoms with Gasteiger partial charge in [0.05, 0.1) is 12.3 Å². The van der Waals surface area contributed by atoms with E-state index in [4.69, 9.17) is 0 Å². The Kier molecular flexibility index (Phi) is 4.00. The van der Waals surface area contributed by atoms with Crippen LogP contribution in [0.4, 0.5) is 8.78 Å². The van der Waals surface area contributed by atoms with E-state index in [2.05, 4.69) is 5.10 Å². The maximum absolute atomic E-state index is 13.0. The Labute approximate surface area is 106 Å². The van der Waals surface area contributed by atoms with Crippen LogP contribution < -0.4 is 0 Å². The second kappa shape index (κ2) is 5.34. The van der Waals surface area contributed by atoms with E-state index in [1.54, 1.807) is 10.9 Å². The minimum absolute atomic E-state index is 0.0290. The van der Waals surface area contributed by atoms with Crippen molar-refractivity contribution in [3.05, 3.63) is 18.0 Å². The van der Waals surface area contributed by atoms with Crippen molar-refractivity contribution in [3.8, 4) is 0 Å². The molecule has 1 aliphatic carbocycles. The van der Waals surface area contributed by atoms with E-state index in [1.807, 2.05) is 13.2 Å². The molecule has 18 heavy (non-hydrogen) atoms. The molecular formula is C13H20F2N2O. The van der Waals surface area contributed by atoms with Gasteiger partial charge in [-0.2, -0.15) is 5.10 Å². The Balaban J connectivity index is 1.77. The summed E-state index contributed by atoms with van der Waals surface area (Å²) in [6.45, 7) is 0. The maximum atomic E-state index is 13.0. The molecule has 5 heteroatoms. The molecule has 0 aliphatic heterocycles. The molecule has 1 heterocycles. The number of nitrogens with zero attached hydrogens (tertiary/aromatic N) is 2. The molecule has 1 fully saturated rings. The average Bonchev–Trinajstić information content (AvgIpc) is 2.72. The van der Waals surface area contributed by atoms with Gasteiger partial charge in [0.25, 0.3) is 0 Å². The molecule has 1 saturated carbocycles. The Hall–Kier alpha value is -0.970. The summed E-state index contributed by atoms with van der Waals surface area (Å²) in [5.41, 5.74) is 1.08. The van der Waals surface area contributed by atoms with Gasteiger partial charge >= 0.3 is 0 Å². The zero-order valence-electron chi connectivity index (χ0n) is 10.6. The van der Waals surface area contributed by atoms with Crippen LogP contribution in [0.2, 0.25) is 0 Å². The first-order chi connectivity index (χ1) is 8.46. The van der Waals surface area contributed by atoms with Gasteiger partial charge in [0.2, 0.25) is 5.92 Å². The van der Waals surface area contributed by atoms with E-state index in [9.17, 15) is 13.9 Å². The lowest BCUT2D eigenvalue weighted by molar-refractivity contribution is -0.0629. The molecular weight excluding hydrogens is 238 g/mol. The van der Waals surface area contributed by atoms with Gasteiger partial charge in [-0.1, -0.05) is 0 Å². The second-order valence-electron chi connectivity index (χ2n) is 5.32. The normalized spacial score (nSPS) is 22.0. The smallest absolute Gasteiger partial charge is 0.248 e. The molecule has 0 radical (unpaired) electrons. The van der Waals surface area contributed by atoms with Gasteiger partial charge in [0, 0.05) is 26.1 Å². The molecule has 1 unspecified atom stereocenters. The van der Waals surface area contributed by atoms with Crippen LogP contribution in [-0.4, -0.2) is 26.9 Å². The zero-order valence-corrected chi connectivity index (χ0v) is 10.6. The topological polar surface area (TPSA) is 38.0 Å². The summed E-state index contributed by atoms with van der Waals surface area (Å²) >= 11 is 0. The minimum atomic E-state index is -2.51. The van der Waals surface area contributed by atoms with Crippen molar-refractivity contribution in [1.82, 2.24) is 9.78 Å². The highest BCUT2D eigenvalue weighted by Crippen LogP contribution is 2.38. The van der Waals surface area contributed by atoms with Crippen molar-refractivity contribution in [1.29, 1.82) is 0 Å². The largest absolute Gasteiger partial charge is 0.393 e. The lowest BCUT2D eigenvalue weighted by Crippen LogP contribution is -2.31. The fourth-order valence-corrected chi connectivity index (χ4v) is 2.60. The van der Waals surface area contributed by atoms with Gasteiger partial charge in [-0.15, -0.1) is 0 Å². The summed E-state index contributed by atoms with van der Waals surface area (Å²) in [5.74, 6) is -2.49. The van der Waals surface area contributed by atoms with Crippen molar-refractivity contribution in [2.45, 2.75) is 50.6 Å². The molecule has 1 atom stereocenters. The van der Waals surface area contributed by atoms with Crippen LogP contribution in [0.1, 0.15) is 37.7 Å². The molecule has 102 valence electrons. The first-order valence-electron chi connectivity index (χ1n) is 6.50. The van der Waals surface area contributed by atoms with E-state index in [0.29, 0.717) is 19.3 Å². The Morgan fingerprint density at radius 2 is 2.17 bits per heavy atom. The van der Waals surface area contributed by atoms with Crippen LogP contribution in [-0.2, 0) is 13.5 Å². The van der Waals surface area contributed by atoms with E-state index in [0.717, 1.165) is 12.0 Å². The number of hydrogen-bond acceptors (Lipinski definition) is 2. The van der Waals surface area contributed by atoms with Gasteiger partial charge in [0.15, 0.2) is 0 Å². The summed E-state index contributed by atoms with van der Waals surface area (Å²) in [4.78, 5) is 0. The van der Waals surface area contributed by atoms with E-state index in [1.165, 1.54) is 0 Å². The quantitative estimate of drug-likeness (QED) is 0.901. The predicted octanol–water partition coefficient (Wildman–Crippen LogP) is 2.54. The SMILES string of the molecule is Cn1cc(CCC(O)C2CCC(F)(F)CC2)cn1. The summed E-state index contributed by atoms with van der Waals surface area (Å²) in [5, 5.41) is 14.1. The van der Waals surface area contributed by atoms with E-state index in [-0.39, 0.29) is 18.8 Å². The lowest BCUT2D eigenvalue weighted by Gasteiger charge is -2.31. The van der Waals surface area contributed by atoms with Gasteiger partial charge in [-0.05, 0) is 37.2 Å². The van der Waals surface area contributed by atoms with Crippen molar-refractivity contribution >= 4 is 0 Å². The summed E-state index contributed by atoms with van der Waals surface area (Å²) in [7, 11) is 1.85. The fourth-order valence-electron chi connectivity index (χ4n) is 2.60. The molecule has 1 aliphatic rings. The zero-order chi connectivity index (χ0) is 13.2. The summed E-state index contributed by atoms with van der Waals surface area (Å²) in [6, 6.07) is 0. The monoisotopic (exact) mass is 258 g/mol. The van der Waals surface area contributed by atoms with Gasteiger partial charge in [0.1, 0.15) is 0 Å². The summed E-state index contributed by atoms with van der Waals surface area (Å²) < 4.78 is 27.7. The number of hydrogen-bond donors (Lipinski definition) is 1. The van der Waals surface area contributed by atoms with Crippen LogP contribution in [0.25, 0.3) is 0 Å². The number of aliphatic hydroxyl groups excluding tert-OH is 1. The predicted molar refractivity (Wildman–Crippen MR) is 64.4 cm³/mol.